The van der Waals surface area contributed by atoms with Crippen molar-refractivity contribution in [2.24, 2.45) is 4.99 Å². The Kier molecular flexibility index (Phi) is 3.77. The van der Waals surface area contributed by atoms with Crippen LogP contribution in [0.15, 0.2) is 70.1 Å². The fourth-order valence-corrected chi connectivity index (χ4v) is 3.21. The van der Waals surface area contributed by atoms with Crippen molar-refractivity contribution in [3.05, 3.63) is 71.6 Å². The van der Waals surface area contributed by atoms with E-state index in [1.165, 1.54) is 16.7 Å². The minimum atomic E-state index is 0.694. The summed E-state index contributed by atoms with van der Waals surface area (Å²) in [5.41, 5.74) is 12.1. The van der Waals surface area contributed by atoms with E-state index < -0.39 is 0 Å². The third kappa shape index (κ3) is 2.78. The molecule has 124 valence electrons. The Balaban J connectivity index is 2.12. The van der Waals surface area contributed by atoms with E-state index in [1.54, 1.807) is 0 Å². The lowest BCUT2D eigenvalue weighted by atomic mass is 9.93. The van der Waals surface area contributed by atoms with Gasteiger partial charge in [0.15, 0.2) is 0 Å². The number of aryl methyl sites for hydroxylation is 1. The van der Waals surface area contributed by atoms with E-state index in [0.29, 0.717) is 5.69 Å². The van der Waals surface area contributed by atoms with Gasteiger partial charge in [-0.1, -0.05) is 29.8 Å². The maximum atomic E-state index is 6.16. The molecule has 0 saturated carbocycles. The first-order chi connectivity index (χ1) is 12.2. The summed E-state index contributed by atoms with van der Waals surface area (Å²) in [5, 5.41) is 1.99. The van der Waals surface area contributed by atoms with Crippen molar-refractivity contribution in [1.82, 2.24) is 0 Å². The number of rotatable bonds is 2. The Bertz CT molecular complexity index is 1090. The van der Waals surface area contributed by atoms with E-state index in [4.69, 9.17) is 10.2 Å². The maximum absolute atomic E-state index is 6.16. The van der Waals surface area contributed by atoms with Crippen molar-refractivity contribution in [2.75, 3.05) is 12.3 Å². The highest BCUT2D eigenvalue weighted by Gasteiger charge is 2.16. The lowest BCUT2D eigenvalue weighted by Gasteiger charge is -2.15. The second-order valence-electron chi connectivity index (χ2n) is 6.25. The number of fused-ring (bicyclic) bond motifs is 2. The highest BCUT2D eigenvalue weighted by Crippen LogP contribution is 2.40. The number of nitrogens with zero attached hydrogens (tertiary/aromatic N) is 1. The fourth-order valence-electron chi connectivity index (χ4n) is 3.21. The lowest BCUT2D eigenvalue weighted by molar-refractivity contribution is 0.619. The average Bonchev–Trinajstić information content (AvgIpc) is 2.60. The number of nitrogen functional groups attached to an aromatic ring is 1. The van der Waals surface area contributed by atoms with Crippen molar-refractivity contribution in [2.45, 2.75) is 13.8 Å². The SMILES string of the molecule is CCN=c1ccc2c(-c3ccc(C)cc3)c3ccc(N)cc3oc-2c1. The van der Waals surface area contributed by atoms with Crippen LogP contribution < -0.4 is 11.1 Å². The third-order valence-electron chi connectivity index (χ3n) is 4.41. The molecule has 1 aliphatic carbocycles. The van der Waals surface area contributed by atoms with Gasteiger partial charge in [-0.2, -0.15) is 0 Å². The Labute approximate surface area is 146 Å². The first-order valence-corrected chi connectivity index (χ1v) is 8.49. The highest BCUT2D eigenvalue weighted by atomic mass is 16.3. The second kappa shape index (κ2) is 6.10. The van der Waals surface area contributed by atoms with Crippen LogP contribution in [-0.4, -0.2) is 6.54 Å². The number of hydrogen-bond acceptors (Lipinski definition) is 3. The third-order valence-corrected chi connectivity index (χ3v) is 4.41. The topological polar surface area (TPSA) is 51.5 Å². The van der Waals surface area contributed by atoms with Crippen LogP contribution in [0.2, 0.25) is 0 Å². The molecule has 0 amide bonds. The molecule has 0 bridgehead atoms. The van der Waals surface area contributed by atoms with Gasteiger partial charge in [0.05, 0.1) is 5.36 Å². The zero-order valence-electron chi connectivity index (χ0n) is 14.4. The molecule has 1 aliphatic heterocycles. The fraction of sp³-hybridized carbons (Fsp3) is 0.136. The first kappa shape index (κ1) is 15.5. The Morgan fingerprint density at radius 2 is 1.76 bits per heavy atom. The van der Waals surface area contributed by atoms with Crippen LogP contribution in [0.25, 0.3) is 33.4 Å². The van der Waals surface area contributed by atoms with Gasteiger partial charge in [0.2, 0.25) is 0 Å². The van der Waals surface area contributed by atoms with Crippen molar-refractivity contribution < 1.29 is 4.42 Å². The maximum Gasteiger partial charge on any atom is 0.137 e. The molecule has 25 heavy (non-hydrogen) atoms. The highest BCUT2D eigenvalue weighted by molar-refractivity contribution is 6.02. The summed E-state index contributed by atoms with van der Waals surface area (Å²) in [6.45, 7) is 4.87. The number of anilines is 1. The van der Waals surface area contributed by atoms with Crippen LogP contribution in [0, 0.1) is 6.92 Å². The number of nitrogens with two attached hydrogens (primary N) is 1. The van der Waals surface area contributed by atoms with Gasteiger partial charge in [-0.3, -0.25) is 4.99 Å². The molecule has 4 rings (SSSR count). The summed E-state index contributed by atoms with van der Waals surface area (Å²) >= 11 is 0. The summed E-state index contributed by atoms with van der Waals surface area (Å²) in [7, 11) is 0. The Morgan fingerprint density at radius 3 is 2.52 bits per heavy atom. The molecule has 2 aliphatic rings. The summed E-state index contributed by atoms with van der Waals surface area (Å²) < 4.78 is 6.16. The number of benzene rings is 3. The van der Waals surface area contributed by atoms with Gasteiger partial charge < -0.3 is 10.2 Å². The largest absolute Gasteiger partial charge is 0.456 e. The van der Waals surface area contributed by atoms with Crippen LogP contribution >= 0.6 is 0 Å². The summed E-state index contributed by atoms with van der Waals surface area (Å²) in [6, 6.07) is 20.6. The van der Waals surface area contributed by atoms with Crippen LogP contribution in [-0.2, 0) is 0 Å². The summed E-state index contributed by atoms with van der Waals surface area (Å²) in [4.78, 5) is 4.48. The molecule has 2 aromatic carbocycles. The van der Waals surface area contributed by atoms with Crippen LogP contribution in [0.1, 0.15) is 12.5 Å². The standard InChI is InChI=1S/C22H20N2O/c1-3-24-17-9-11-19-21(13-17)25-20-12-16(23)8-10-18(20)22(19)15-6-4-14(2)5-7-15/h4-13H,3,23H2,1-2H3. The van der Waals surface area contributed by atoms with Crippen molar-refractivity contribution >= 4 is 16.7 Å². The molecular weight excluding hydrogens is 308 g/mol. The quantitative estimate of drug-likeness (QED) is 0.415. The van der Waals surface area contributed by atoms with Gasteiger partial charge >= 0.3 is 0 Å². The molecule has 1 heterocycles. The van der Waals surface area contributed by atoms with E-state index >= 15 is 0 Å². The van der Waals surface area contributed by atoms with Gasteiger partial charge in [0.25, 0.3) is 0 Å². The molecule has 0 atom stereocenters. The van der Waals surface area contributed by atoms with Gasteiger partial charge in [-0.15, -0.1) is 0 Å². The van der Waals surface area contributed by atoms with Crippen LogP contribution in [0.4, 0.5) is 5.69 Å². The molecule has 0 spiro atoms. The average molecular weight is 328 g/mol. The molecule has 0 radical (unpaired) electrons. The molecule has 0 fully saturated rings. The predicted octanol–water partition coefficient (Wildman–Crippen LogP) is 5.02. The van der Waals surface area contributed by atoms with Crippen LogP contribution in [0.3, 0.4) is 0 Å². The zero-order valence-corrected chi connectivity index (χ0v) is 14.4. The minimum absolute atomic E-state index is 0.694. The molecule has 0 aromatic heterocycles. The van der Waals surface area contributed by atoms with Crippen molar-refractivity contribution in [1.29, 1.82) is 0 Å². The first-order valence-electron chi connectivity index (χ1n) is 8.49. The van der Waals surface area contributed by atoms with E-state index in [1.807, 2.05) is 37.3 Å². The van der Waals surface area contributed by atoms with E-state index in [0.717, 1.165) is 34.2 Å². The van der Waals surface area contributed by atoms with Crippen molar-refractivity contribution in [3.8, 4) is 22.5 Å². The summed E-state index contributed by atoms with van der Waals surface area (Å²) in [6.07, 6.45) is 0. The molecule has 0 saturated heterocycles. The normalized spacial score (nSPS) is 12.2. The second-order valence-corrected chi connectivity index (χ2v) is 6.25. The Morgan fingerprint density at radius 1 is 0.960 bits per heavy atom. The van der Waals surface area contributed by atoms with E-state index in [9.17, 15) is 0 Å². The number of hydrogen-bond donors (Lipinski definition) is 1. The molecule has 2 N–H and O–H groups in total. The monoisotopic (exact) mass is 328 g/mol. The molecule has 0 unspecified atom stereocenters. The van der Waals surface area contributed by atoms with Crippen molar-refractivity contribution in [3.63, 3.8) is 0 Å². The minimum Gasteiger partial charge on any atom is -0.456 e. The molecule has 3 heteroatoms. The lowest BCUT2D eigenvalue weighted by Crippen LogP contribution is -2.03. The predicted molar refractivity (Wildman–Crippen MR) is 104 cm³/mol. The van der Waals surface area contributed by atoms with E-state index in [2.05, 4.69) is 42.2 Å². The van der Waals surface area contributed by atoms with Gasteiger partial charge in [-0.05, 0) is 43.7 Å². The zero-order chi connectivity index (χ0) is 17.4. The van der Waals surface area contributed by atoms with E-state index in [-0.39, 0.29) is 0 Å². The smallest absolute Gasteiger partial charge is 0.137 e. The van der Waals surface area contributed by atoms with Gasteiger partial charge in [-0.25, -0.2) is 0 Å². The molecule has 3 nitrogen and oxygen atoms in total. The Hall–Kier alpha value is -3.07. The molecular formula is C22H20N2O. The summed E-state index contributed by atoms with van der Waals surface area (Å²) in [5.74, 6) is 0.823. The molecule has 2 aromatic rings. The van der Waals surface area contributed by atoms with Gasteiger partial charge in [0, 0.05) is 40.9 Å². The van der Waals surface area contributed by atoms with Crippen LogP contribution in [0.5, 0.6) is 0 Å². The van der Waals surface area contributed by atoms with Gasteiger partial charge in [0.1, 0.15) is 11.3 Å².